The minimum Gasteiger partial charge on any atom is -0.370 e. The normalized spacial score (nSPS) is 24.7. The van der Waals surface area contributed by atoms with Crippen molar-refractivity contribution < 1.29 is 9.53 Å². The summed E-state index contributed by atoms with van der Waals surface area (Å²) >= 11 is 0. The number of nitrogens with one attached hydrogen (secondary N) is 1. The predicted molar refractivity (Wildman–Crippen MR) is 169 cm³/mol. The molecule has 3 aromatic rings. The van der Waals surface area contributed by atoms with Crippen molar-refractivity contribution in [2.45, 2.75) is 31.6 Å². The van der Waals surface area contributed by atoms with Crippen molar-refractivity contribution in [2.75, 3.05) is 93.2 Å². The number of carbonyl (C=O) groups is 1. The number of carbonyl (C=O) groups excluding carboxylic acids is 1. The van der Waals surface area contributed by atoms with Gasteiger partial charge in [0.1, 0.15) is 11.9 Å². The van der Waals surface area contributed by atoms with Crippen LogP contribution in [-0.2, 0) is 9.53 Å². The summed E-state index contributed by atoms with van der Waals surface area (Å²) in [5.41, 5.74) is 2.47. The predicted octanol–water partition coefficient (Wildman–Crippen LogP) is 1.32. The molecule has 44 heavy (non-hydrogen) atoms. The van der Waals surface area contributed by atoms with Crippen LogP contribution in [0.3, 0.4) is 0 Å². The smallest absolute Gasteiger partial charge is 0.239 e. The van der Waals surface area contributed by atoms with E-state index in [1.54, 1.807) is 6.20 Å². The van der Waals surface area contributed by atoms with E-state index in [1.165, 1.54) is 0 Å². The number of hydrogen-bond acceptors (Lipinski definition) is 11. The third-order valence-corrected chi connectivity index (χ3v) is 9.32. The molecule has 4 saturated heterocycles. The second kappa shape index (κ2) is 12.5. The number of benzene rings is 1. The molecule has 0 saturated carbocycles. The number of aromatic nitrogens is 3. The quantitative estimate of drug-likeness (QED) is 0.444. The van der Waals surface area contributed by atoms with Crippen LogP contribution >= 0.6 is 0 Å². The largest absolute Gasteiger partial charge is 0.370 e. The highest BCUT2D eigenvalue weighted by molar-refractivity contribution is 5.95. The molecule has 7 rings (SSSR count). The fraction of sp³-hybridized carbons (Fsp3) is 0.531. The maximum Gasteiger partial charge on any atom is 0.239 e. The monoisotopic (exact) mass is 596 g/mol. The molecule has 3 atom stereocenters. The van der Waals surface area contributed by atoms with Gasteiger partial charge in [-0.2, -0.15) is 10.2 Å². The third-order valence-electron chi connectivity index (χ3n) is 9.32. The van der Waals surface area contributed by atoms with Gasteiger partial charge in [-0.1, -0.05) is 0 Å². The zero-order chi connectivity index (χ0) is 30.0. The van der Waals surface area contributed by atoms with Crippen LogP contribution in [0.2, 0.25) is 0 Å². The van der Waals surface area contributed by atoms with Crippen molar-refractivity contribution in [3.05, 3.63) is 48.3 Å². The van der Waals surface area contributed by atoms with Crippen LogP contribution in [0.5, 0.6) is 0 Å². The van der Waals surface area contributed by atoms with Crippen LogP contribution in [-0.4, -0.2) is 127 Å². The number of rotatable bonds is 6. The fourth-order valence-electron chi connectivity index (χ4n) is 6.83. The Morgan fingerprint density at radius 2 is 1.77 bits per heavy atom. The first kappa shape index (κ1) is 28.7. The summed E-state index contributed by atoms with van der Waals surface area (Å²) in [7, 11) is 0. The molecule has 1 aromatic carbocycles. The SMILES string of the molecule is C[C@H]1CN(c2ccc(C#N)c3ncccc23)C[C@@H](CN2CCN(c3ccnc(N4CCN(C(=O)C5CCN5)CC4)n3)CC2)O1. The average Bonchev–Trinajstić information content (AvgIpc) is 3.03. The van der Waals surface area contributed by atoms with Gasteiger partial charge in [-0.15, -0.1) is 0 Å². The van der Waals surface area contributed by atoms with E-state index >= 15 is 0 Å². The number of pyridine rings is 1. The van der Waals surface area contributed by atoms with Crippen molar-refractivity contribution in [2.24, 2.45) is 0 Å². The Kier molecular flexibility index (Phi) is 8.16. The molecule has 6 heterocycles. The second-order valence-corrected chi connectivity index (χ2v) is 12.2. The third kappa shape index (κ3) is 5.87. The summed E-state index contributed by atoms with van der Waals surface area (Å²) in [5.74, 6) is 1.93. The lowest BCUT2D eigenvalue weighted by Gasteiger charge is -2.42. The Bertz CT molecular complexity index is 1520. The van der Waals surface area contributed by atoms with Crippen molar-refractivity contribution in [1.82, 2.24) is 30.1 Å². The molecule has 12 nitrogen and oxygen atoms in total. The molecule has 0 spiro atoms. The Labute approximate surface area is 258 Å². The van der Waals surface area contributed by atoms with Gasteiger partial charge in [-0.05, 0) is 50.2 Å². The first-order chi connectivity index (χ1) is 21.6. The van der Waals surface area contributed by atoms with E-state index in [0.717, 1.165) is 100 Å². The zero-order valence-electron chi connectivity index (χ0n) is 25.3. The maximum absolute atomic E-state index is 12.6. The number of amides is 1. The summed E-state index contributed by atoms with van der Waals surface area (Å²) in [6.45, 7) is 12.1. The van der Waals surface area contributed by atoms with Crippen LogP contribution in [0.15, 0.2) is 42.7 Å². The van der Waals surface area contributed by atoms with Crippen molar-refractivity contribution in [1.29, 1.82) is 5.26 Å². The molecule has 4 fully saturated rings. The minimum atomic E-state index is 0.00671. The molecule has 2 aromatic heterocycles. The van der Waals surface area contributed by atoms with E-state index in [-0.39, 0.29) is 24.2 Å². The molecular formula is C32H40N10O2. The van der Waals surface area contributed by atoms with Gasteiger partial charge in [0.15, 0.2) is 0 Å². The van der Waals surface area contributed by atoms with E-state index in [1.807, 2.05) is 29.3 Å². The van der Waals surface area contributed by atoms with E-state index in [9.17, 15) is 10.1 Å². The molecular weight excluding hydrogens is 556 g/mol. The molecule has 12 heteroatoms. The topological polar surface area (TPSA) is 117 Å². The van der Waals surface area contributed by atoms with Crippen LogP contribution in [0, 0.1) is 11.3 Å². The first-order valence-electron chi connectivity index (χ1n) is 15.8. The van der Waals surface area contributed by atoms with Gasteiger partial charge in [-0.3, -0.25) is 14.7 Å². The average molecular weight is 597 g/mol. The zero-order valence-corrected chi connectivity index (χ0v) is 25.3. The van der Waals surface area contributed by atoms with Gasteiger partial charge in [0, 0.05) is 95.5 Å². The minimum absolute atomic E-state index is 0.00671. The van der Waals surface area contributed by atoms with Gasteiger partial charge in [-0.25, -0.2) is 4.98 Å². The summed E-state index contributed by atoms with van der Waals surface area (Å²) in [4.78, 5) is 38.0. The Hall–Kier alpha value is -4.05. The lowest BCUT2D eigenvalue weighted by molar-refractivity contribution is -0.135. The molecule has 230 valence electrons. The summed E-state index contributed by atoms with van der Waals surface area (Å²) in [6, 6.07) is 12.2. The Morgan fingerprint density at radius 3 is 2.52 bits per heavy atom. The highest BCUT2D eigenvalue weighted by atomic mass is 16.5. The summed E-state index contributed by atoms with van der Waals surface area (Å²) < 4.78 is 6.42. The van der Waals surface area contributed by atoms with Gasteiger partial charge < -0.3 is 29.7 Å². The fourth-order valence-corrected chi connectivity index (χ4v) is 6.83. The molecule has 0 aliphatic carbocycles. The molecule has 1 unspecified atom stereocenters. The standard InChI is InChI=1S/C32H40N10O2/c1-23-20-42(28-5-4-24(19-33)30-26(28)3-2-8-35-30)22-25(44-23)21-38-11-13-39(14-12-38)29-7-10-36-32(37-29)41-17-15-40(16-18-41)31(43)27-6-9-34-27/h2-5,7-8,10,23,25,27,34H,6,9,11-18,20-22H2,1H3/t23-,25+,27?/m0/s1. The number of morpholine rings is 1. The summed E-state index contributed by atoms with van der Waals surface area (Å²) in [5, 5.41) is 13.8. The first-order valence-corrected chi connectivity index (χ1v) is 15.8. The number of ether oxygens (including phenoxy) is 1. The van der Waals surface area contributed by atoms with E-state index in [0.29, 0.717) is 18.7 Å². The van der Waals surface area contributed by atoms with Crippen LogP contribution in [0.1, 0.15) is 18.9 Å². The number of anilines is 3. The highest BCUT2D eigenvalue weighted by Crippen LogP contribution is 2.30. The molecule has 0 bridgehead atoms. The van der Waals surface area contributed by atoms with Gasteiger partial charge in [0.2, 0.25) is 11.9 Å². The Balaban J connectivity index is 0.938. The van der Waals surface area contributed by atoms with Crippen molar-refractivity contribution >= 4 is 34.3 Å². The molecule has 4 aliphatic heterocycles. The van der Waals surface area contributed by atoms with Gasteiger partial charge in [0.25, 0.3) is 0 Å². The lowest BCUT2D eigenvalue weighted by atomic mass is 10.1. The van der Waals surface area contributed by atoms with Crippen LogP contribution in [0.4, 0.5) is 17.5 Å². The lowest BCUT2D eigenvalue weighted by Crippen LogP contribution is -2.58. The Morgan fingerprint density at radius 1 is 0.977 bits per heavy atom. The number of hydrogen-bond donors (Lipinski definition) is 1. The van der Waals surface area contributed by atoms with Crippen LogP contribution in [0.25, 0.3) is 10.9 Å². The maximum atomic E-state index is 12.6. The number of piperazine rings is 2. The molecule has 1 amide bonds. The van der Waals surface area contributed by atoms with E-state index in [4.69, 9.17) is 9.72 Å². The van der Waals surface area contributed by atoms with Crippen LogP contribution < -0.4 is 20.0 Å². The molecule has 4 aliphatic rings. The van der Waals surface area contributed by atoms with Crippen molar-refractivity contribution in [3.8, 4) is 6.07 Å². The highest BCUT2D eigenvalue weighted by Gasteiger charge is 2.32. The number of nitrogens with zero attached hydrogens (tertiary/aromatic N) is 9. The van der Waals surface area contributed by atoms with E-state index < -0.39 is 0 Å². The van der Waals surface area contributed by atoms with Gasteiger partial charge >= 0.3 is 0 Å². The number of fused-ring (bicyclic) bond motifs is 1. The molecule has 1 N–H and O–H groups in total. The molecule has 0 radical (unpaired) electrons. The van der Waals surface area contributed by atoms with Gasteiger partial charge in [0.05, 0.1) is 29.3 Å². The van der Waals surface area contributed by atoms with Crippen molar-refractivity contribution in [3.63, 3.8) is 0 Å². The number of nitriles is 1. The second-order valence-electron chi connectivity index (χ2n) is 12.2. The summed E-state index contributed by atoms with van der Waals surface area (Å²) in [6.07, 6.45) is 4.74. The van der Waals surface area contributed by atoms with E-state index in [2.05, 4.69) is 60.0 Å².